The molecular weight excluding hydrogens is 288 g/mol. The first-order valence-corrected chi connectivity index (χ1v) is 7.99. The quantitative estimate of drug-likeness (QED) is 0.940. The van der Waals surface area contributed by atoms with Crippen molar-refractivity contribution in [3.05, 3.63) is 54.1 Å². The Hall–Kier alpha value is -2.49. The number of hydrogen-bond donors (Lipinski definition) is 1. The number of ether oxygens (including phenoxy) is 1. The number of nitrogens with zero attached hydrogens (tertiary/aromatic N) is 1. The van der Waals surface area contributed by atoms with Gasteiger partial charge in [-0.15, -0.1) is 0 Å². The Kier molecular flexibility index (Phi) is 4.51. The van der Waals surface area contributed by atoms with E-state index < -0.39 is 0 Å². The van der Waals surface area contributed by atoms with E-state index in [0.29, 0.717) is 11.4 Å². The summed E-state index contributed by atoms with van der Waals surface area (Å²) in [7, 11) is 1.61. The van der Waals surface area contributed by atoms with Gasteiger partial charge in [-0.05, 0) is 43.5 Å². The third kappa shape index (κ3) is 3.16. The molecule has 1 N–H and O–H groups in total. The Balaban J connectivity index is 1.78. The number of aryl methyl sites for hydroxylation is 1. The third-order valence-corrected chi connectivity index (χ3v) is 4.36. The van der Waals surface area contributed by atoms with E-state index >= 15 is 0 Å². The van der Waals surface area contributed by atoms with Gasteiger partial charge in [-0.1, -0.05) is 30.3 Å². The Labute approximate surface area is 137 Å². The molecule has 0 unspecified atom stereocenters. The SMILES string of the molecule is COc1ccccc1NC(=O)[C@@H](C)N1CCCc2ccccc21. The number of benzene rings is 2. The maximum atomic E-state index is 12.7. The first kappa shape index (κ1) is 15.4. The zero-order chi connectivity index (χ0) is 16.2. The number of hydrogen-bond acceptors (Lipinski definition) is 3. The van der Waals surface area contributed by atoms with E-state index in [-0.39, 0.29) is 11.9 Å². The van der Waals surface area contributed by atoms with Gasteiger partial charge in [0.25, 0.3) is 0 Å². The van der Waals surface area contributed by atoms with Crippen LogP contribution in [0.4, 0.5) is 11.4 Å². The molecule has 120 valence electrons. The first-order chi connectivity index (χ1) is 11.2. The van der Waals surface area contributed by atoms with E-state index in [0.717, 1.165) is 19.4 Å². The van der Waals surface area contributed by atoms with E-state index in [9.17, 15) is 4.79 Å². The van der Waals surface area contributed by atoms with Crippen LogP contribution >= 0.6 is 0 Å². The standard InChI is InChI=1S/C19H22N2O2/c1-14(19(22)20-16-10-4-6-12-18(16)23-2)21-13-7-9-15-8-3-5-11-17(15)21/h3-6,8,10-12,14H,7,9,13H2,1-2H3,(H,20,22)/t14-/m1/s1. The van der Waals surface area contributed by atoms with Crippen LogP contribution in [0.25, 0.3) is 0 Å². The Morgan fingerprint density at radius 2 is 1.91 bits per heavy atom. The maximum Gasteiger partial charge on any atom is 0.246 e. The van der Waals surface area contributed by atoms with Gasteiger partial charge in [0.2, 0.25) is 5.91 Å². The van der Waals surface area contributed by atoms with Crippen molar-refractivity contribution < 1.29 is 9.53 Å². The monoisotopic (exact) mass is 310 g/mol. The average Bonchev–Trinajstić information content (AvgIpc) is 2.61. The molecule has 0 aliphatic carbocycles. The summed E-state index contributed by atoms with van der Waals surface area (Å²) in [5, 5.41) is 2.98. The summed E-state index contributed by atoms with van der Waals surface area (Å²) >= 11 is 0. The highest BCUT2D eigenvalue weighted by molar-refractivity contribution is 5.97. The van der Waals surface area contributed by atoms with Crippen molar-refractivity contribution in [2.24, 2.45) is 0 Å². The van der Waals surface area contributed by atoms with E-state index in [2.05, 4.69) is 28.4 Å². The van der Waals surface area contributed by atoms with Crippen molar-refractivity contribution in [3.63, 3.8) is 0 Å². The van der Waals surface area contributed by atoms with E-state index in [1.165, 1.54) is 11.3 Å². The zero-order valence-electron chi connectivity index (χ0n) is 13.6. The molecule has 4 heteroatoms. The summed E-state index contributed by atoms with van der Waals surface area (Å²) in [5.74, 6) is 0.651. The molecule has 4 nitrogen and oxygen atoms in total. The van der Waals surface area contributed by atoms with Crippen molar-refractivity contribution in [3.8, 4) is 5.75 Å². The second-order valence-corrected chi connectivity index (χ2v) is 5.79. The van der Waals surface area contributed by atoms with Gasteiger partial charge in [-0.2, -0.15) is 0 Å². The Bertz CT molecular complexity index is 699. The highest BCUT2D eigenvalue weighted by atomic mass is 16.5. The molecule has 2 aromatic rings. The number of para-hydroxylation sites is 3. The van der Waals surface area contributed by atoms with Crippen molar-refractivity contribution in [2.75, 3.05) is 23.9 Å². The summed E-state index contributed by atoms with van der Waals surface area (Å²) in [6, 6.07) is 15.6. The van der Waals surface area contributed by atoms with Crippen LogP contribution in [0.15, 0.2) is 48.5 Å². The number of nitrogens with one attached hydrogen (secondary N) is 1. The number of fused-ring (bicyclic) bond motifs is 1. The number of carbonyl (C=O) groups is 1. The fraction of sp³-hybridized carbons (Fsp3) is 0.316. The lowest BCUT2D eigenvalue weighted by molar-refractivity contribution is -0.117. The minimum Gasteiger partial charge on any atom is -0.495 e. The summed E-state index contributed by atoms with van der Waals surface area (Å²) in [6.07, 6.45) is 2.15. The van der Waals surface area contributed by atoms with Crippen molar-refractivity contribution in [1.29, 1.82) is 0 Å². The molecule has 1 atom stereocenters. The van der Waals surface area contributed by atoms with Gasteiger partial charge in [0.1, 0.15) is 11.8 Å². The maximum absolute atomic E-state index is 12.7. The normalized spacial score (nSPS) is 14.8. The predicted molar refractivity (Wildman–Crippen MR) is 93.2 cm³/mol. The molecular formula is C19H22N2O2. The second kappa shape index (κ2) is 6.73. The number of amides is 1. The summed E-state index contributed by atoms with van der Waals surface area (Å²) in [4.78, 5) is 14.9. The van der Waals surface area contributed by atoms with Gasteiger partial charge in [0.15, 0.2) is 0 Å². The molecule has 0 radical (unpaired) electrons. The van der Waals surface area contributed by atoms with E-state index in [1.807, 2.05) is 37.3 Å². The van der Waals surface area contributed by atoms with Gasteiger partial charge >= 0.3 is 0 Å². The molecule has 0 saturated heterocycles. The number of anilines is 2. The van der Waals surface area contributed by atoms with Gasteiger partial charge in [-0.3, -0.25) is 4.79 Å². The van der Waals surface area contributed by atoms with E-state index in [1.54, 1.807) is 7.11 Å². The second-order valence-electron chi connectivity index (χ2n) is 5.79. The summed E-state index contributed by atoms with van der Waals surface area (Å²) in [5.41, 5.74) is 3.19. The van der Waals surface area contributed by atoms with Crippen LogP contribution < -0.4 is 15.0 Å². The fourth-order valence-corrected chi connectivity index (χ4v) is 3.09. The number of carbonyl (C=O) groups excluding carboxylic acids is 1. The van der Waals surface area contributed by atoms with Gasteiger partial charge in [0, 0.05) is 12.2 Å². The molecule has 1 aliphatic heterocycles. The zero-order valence-corrected chi connectivity index (χ0v) is 13.6. The molecule has 1 aliphatic rings. The molecule has 23 heavy (non-hydrogen) atoms. The lowest BCUT2D eigenvalue weighted by Crippen LogP contribution is -2.44. The predicted octanol–water partition coefficient (Wildman–Crippen LogP) is 3.48. The average molecular weight is 310 g/mol. The van der Waals surface area contributed by atoms with Crippen LogP contribution in [0.3, 0.4) is 0 Å². The molecule has 0 fully saturated rings. The highest BCUT2D eigenvalue weighted by Crippen LogP contribution is 2.29. The molecule has 1 amide bonds. The minimum atomic E-state index is -0.235. The van der Waals surface area contributed by atoms with Crippen LogP contribution in [-0.4, -0.2) is 25.6 Å². The highest BCUT2D eigenvalue weighted by Gasteiger charge is 2.26. The fourth-order valence-electron chi connectivity index (χ4n) is 3.09. The number of rotatable bonds is 4. The van der Waals surface area contributed by atoms with Gasteiger partial charge in [0.05, 0.1) is 12.8 Å². The Morgan fingerprint density at radius 3 is 2.74 bits per heavy atom. The molecule has 3 rings (SSSR count). The molecule has 0 bridgehead atoms. The molecule has 0 aromatic heterocycles. The largest absolute Gasteiger partial charge is 0.495 e. The van der Waals surface area contributed by atoms with Crippen molar-refractivity contribution in [2.45, 2.75) is 25.8 Å². The van der Waals surface area contributed by atoms with Crippen molar-refractivity contribution in [1.82, 2.24) is 0 Å². The molecule has 0 saturated carbocycles. The van der Waals surface area contributed by atoms with Crippen molar-refractivity contribution >= 4 is 17.3 Å². The minimum absolute atomic E-state index is 0.0220. The lowest BCUT2D eigenvalue weighted by Gasteiger charge is -2.35. The molecule has 0 spiro atoms. The molecule has 2 aromatic carbocycles. The van der Waals surface area contributed by atoms with Crippen LogP contribution in [0.5, 0.6) is 5.75 Å². The smallest absolute Gasteiger partial charge is 0.246 e. The molecule has 1 heterocycles. The van der Waals surface area contributed by atoms with Crippen LogP contribution in [-0.2, 0) is 11.2 Å². The van der Waals surface area contributed by atoms with Gasteiger partial charge in [-0.25, -0.2) is 0 Å². The van der Waals surface area contributed by atoms with Crippen LogP contribution in [0.2, 0.25) is 0 Å². The third-order valence-electron chi connectivity index (χ3n) is 4.36. The summed E-state index contributed by atoms with van der Waals surface area (Å²) in [6.45, 7) is 2.85. The lowest BCUT2D eigenvalue weighted by atomic mass is 10.00. The van der Waals surface area contributed by atoms with Crippen LogP contribution in [0, 0.1) is 0 Å². The Morgan fingerprint density at radius 1 is 1.17 bits per heavy atom. The first-order valence-electron chi connectivity index (χ1n) is 7.99. The summed E-state index contributed by atoms with van der Waals surface area (Å²) < 4.78 is 5.30. The number of methoxy groups -OCH3 is 1. The van der Waals surface area contributed by atoms with Gasteiger partial charge < -0.3 is 15.0 Å². The van der Waals surface area contributed by atoms with Crippen LogP contribution in [0.1, 0.15) is 18.9 Å². The topological polar surface area (TPSA) is 41.6 Å². The van der Waals surface area contributed by atoms with E-state index in [4.69, 9.17) is 4.74 Å².